The van der Waals surface area contributed by atoms with Crippen LogP contribution in [0.4, 0.5) is 0 Å². The molecule has 0 aromatic heterocycles. The monoisotopic (exact) mass is 214 g/mol. The lowest BCUT2D eigenvalue weighted by molar-refractivity contribution is -0.140. The summed E-state index contributed by atoms with van der Waals surface area (Å²) in [6.07, 6.45) is 0.464. The zero-order valence-electron chi connectivity index (χ0n) is 7.79. The van der Waals surface area contributed by atoms with Gasteiger partial charge in [0.05, 0.1) is 6.61 Å². The number of rotatable bonds is 3. The highest BCUT2D eigenvalue weighted by Crippen LogP contribution is 2.21. The second kappa shape index (κ2) is 4.86. The molecule has 0 heterocycles. The number of aromatic hydroxyl groups is 1. The Labute approximate surface area is 87.3 Å². The lowest BCUT2D eigenvalue weighted by atomic mass is 10.1. The molecule has 14 heavy (non-hydrogen) atoms. The van der Waals surface area contributed by atoms with Crippen molar-refractivity contribution in [1.29, 1.82) is 0 Å². The second-order valence-electron chi connectivity index (χ2n) is 2.86. The van der Waals surface area contributed by atoms with Gasteiger partial charge in [-0.3, -0.25) is 4.79 Å². The molecule has 3 nitrogen and oxygen atoms in total. The molecule has 1 N–H and O–H groups in total. The molecule has 0 saturated carbocycles. The molecule has 1 aromatic rings. The van der Waals surface area contributed by atoms with Crippen molar-refractivity contribution >= 4 is 17.6 Å². The van der Waals surface area contributed by atoms with Crippen molar-refractivity contribution in [2.75, 3.05) is 6.61 Å². The zero-order chi connectivity index (χ0) is 10.6. The predicted molar refractivity (Wildman–Crippen MR) is 53.5 cm³/mol. The van der Waals surface area contributed by atoms with E-state index < -0.39 is 0 Å². The Morgan fingerprint density at radius 1 is 1.57 bits per heavy atom. The standard InChI is InChI=1S/C10H11ClO3/c1-7(12)14-5-4-8-6-9(11)2-3-10(8)13/h2-3,6,13H,4-5H2,1H3. The molecule has 0 spiro atoms. The van der Waals surface area contributed by atoms with Gasteiger partial charge in [0.15, 0.2) is 0 Å². The highest BCUT2D eigenvalue weighted by molar-refractivity contribution is 6.30. The smallest absolute Gasteiger partial charge is 0.302 e. The van der Waals surface area contributed by atoms with Crippen molar-refractivity contribution in [3.63, 3.8) is 0 Å². The Morgan fingerprint density at radius 3 is 2.93 bits per heavy atom. The molecule has 76 valence electrons. The van der Waals surface area contributed by atoms with Crippen LogP contribution in [-0.2, 0) is 16.0 Å². The van der Waals surface area contributed by atoms with Gasteiger partial charge in [-0.2, -0.15) is 0 Å². The van der Waals surface area contributed by atoms with Gasteiger partial charge in [0.25, 0.3) is 0 Å². The van der Waals surface area contributed by atoms with Crippen LogP contribution in [0.3, 0.4) is 0 Å². The molecular weight excluding hydrogens is 204 g/mol. The summed E-state index contributed by atoms with van der Waals surface area (Å²) in [5, 5.41) is 9.96. The van der Waals surface area contributed by atoms with E-state index in [9.17, 15) is 9.90 Å². The fourth-order valence-corrected chi connectivity index (χ4v) is 1.25. The van der Waals surface area contributed by atoms with Crippen molar-refractivity contribution < 1.29 is 14.6 Å². The lowest BCUT2D eigenvalue weighted by Crippen LogP contribution is -2.03. The largest absolute Gasteiger partial charge is 0.508 e. The molecule has 0 fully saturated rings. The van der Waals surface area contributed by atoms with Crippen LogP contribution in [0.1, 0.15) is 12.5 Å². The summed E-state index contributed by atoms with van der Waals surface area (Å²) < 4.78 is 4.75. The highest BCUT2D eigenvalue weighted by Gasteiger charge is 2.02. The van der Waals surface area contributed by atoms with Crippen LogP contribution in [0.2, 0.25) is 5.02 Å². The SMILES string of the molecule is CC(=O)OCCc1cc(Cl)ccc1O. The molecule has 0 aliphatic heterocycles. The van der Waals surface area contributed by atoms with Crippen LogP contribution in [0, 0.1) is 0 Å². The van der Waals surface area contributed by atoms with Gasteiger partial charge in [-0.15, -0.1) is 0 Å². The van der Waals surface area contributed by atoms with Gasteiger partial charge in [-0.05, 0) is 23.8 Å². The third kappa shape index (κ3) is 3.26. The number of benzene rings is 1. The maximum atomic E-state index is 10.5. The van der Waals surface area contributed by atoms with Gasteiger partial charge in [0.1, 0.15) is 5.75 Å². The predicted octanol–water partition coefficient (Wildman–Crippen LogP) is 2.15. The first-order valence-electron chi connectivity index (χ1n) is 4.20. The van der Waals surface area contributed by atoms with Crippen LogP contribution in [0.5, 0.6) is 5.75 Å². The molecule has 0 atom stereocenters. The molecular formula is C10H11ClO3. The summed E-state index contributed by atoms with van der Waals surface area (Å²) in [5.74, 6) is -0.159. The molecule has 1 aromatic carbocycles. The second-order valence-corrected chi connectivity index (χ2v) is 3.30. The average molecular weight is 215 g/mol. The Bertz CT molecular complexity index is 336. The number of esters is 1. The fraction of sp³-hybridized carbons (Fsp3) is 0.300. The van der Waals surface area contributed by atoms with Crippen molar-refractivity contribution in [2.45, 2.75) is 13.3 Å². The van der Waals surface area contributed by atoms with Gasteiger partial charge in [0.2, 0.25) is 0 Å². The summed E-state index contributed by atoms with van der Waals surface area (Å²) in [6.45, 7) is 1.60. The summed E-state index contributed by atoms with van der Waals surface area (Å²) in [7, 11) is 0. The van der Waals surface area contributed by atoms with E-state index in [-0.39, 0.29) is 18.3 Å². The highest BCUT2D eigenvalue weighted by atomic mass is 35.5. The summed E-state index contributed by atoms with van der Waals surface area (Å²) >= 11 is 5.74. The number of carbonyl (C=O) groups excluding carboxylic acids is 1. The van der Waals surface area contributed by atoms with E-state index in [0.717, 1.165) is 0 Å². The van der Waals surface area contributed by atoms with Gasteiger partial charge in [-0.1, -0.05) is 11.6 Å². The summed E-state index contributed by atoms with van der Waals surface area (Å²) in [5.41, 5.74) is 0.679. The number of carbonyl (C=O) groups is 1. The molecule has 0 aliphatic rings. The topological polar surface area (TPSA) is 46.5 Å². The molecule has 1 rings (SSSR count). The number of phenols is 1. The van der Waals surface area contributed by atoms with Crippen LogP contribution in [0.25, 0.3) is 0 Å². The number of phenolic OH excluding ortho intramolecular Hbond substituents is 1. The van der Waals surface area contributed by atoms with Crippen molar-refractivity contribution in [2.24, 2.45) is 0 Å². The van der Waals surface area contributed by atoms with E-state index in [1.807, 2.05) is 0 Å². The number of halogens is 1. The third-order valence-corrected chi connectivity index (χ3v) is 1.95. The minimum atomic E-state index is -0.327. The third-order valence-electron chi connectivity index (χ3n) is 1.72. The number of ether oxygens (including phenoxy) is 1. The molecule has 4 heteroatoms. The first-order valence-corrected chi connectivity index (χ1v) is 4.58. The maximum absolute atomic E-state index is 10.5. The van der Waals surface area contributed by atoms with E-state index in [0.29, 0.717) is 17.0 Å². The van der Waals surface area contributed by atoms with Crippen molar-refractivity contribution in [1.82, 2.24) is 0 Å². The van der Waals surface area contributed by atoms with Gasteiger partial charge in [-0.25, -0.2) is 0 Å². The molecule has 0 amide bonds. The Hall–Kier alpha value is -1.22. The minimum Gasteiger partial charge on any atom is -0.508 e. The van der Waals surface area contributed by atoms with Gasteiger partial charge in [0, 0.05) is 18.4 Å². The first kappa shape index (κ1) is 10.9. The molecule has 0 unspecified atom stereocenters. The van der Waals surface area contributed by atoms with Crippen LogP contribution in [-0.4, -0.2) is 17.7 Å². The maximum Gasteiger partial charge on any atom is 0.302 e. The first-order chi connectivity index (χ1) is 6.59. The Morgan fingerprint density at radius 2 is 2.29 bits per heavy atom. The van der Waals surface area contributed by atoms with E-state index >= 15 is 0 Å². The van der Waals surface area contributed by atoms with Gasteiger partial charge < -0.3 is 9.84 Å². The minimum absolute atomic E-state index is 0.168. The summed E-state index contributed by atoms with van der Waals surface area (Å²) in [6, 6.07) is 4.78. The van der Waals surface area contributed by atoms with E-state index in [2.05, 4.69) is 0 Å². The molecule has 0 bridgehead atoms. The van der Waals surface area contributed by atoms with Crippen molar-refractivity contribution in [3.05, 3.63) is 28.8 Å². The zero-order valence-corrected chi connectivity index (χ0v) is 8.54. The van der Waals surface area contributed by atoms with E-state index in [1.165, 1.54) is 13.0 Å². The Kier molecular flexibility index (Phi) is 3.77. The molecule has 0 aliphatic carbocycles. The van der Waals surface area contributed by atoms with E-state index in [1.54, 1.807) is 12.1 Å². The van der Waals surface area contributed by atoms with Crippen molar-refractivity contribution in [3.8, 4) is 5.75 Å². The number of hydrogen-bond acceptors (Lipinski definition) is 3. The fourth-order valence-electron chi connectivity index (χ4n) is 1.06. The number of hydrogen-bond donors (Lipinski definition) is 1. The lowest BCUT2D eigenvalue weighted by Gasteiger charge is -2.05. The van der Waals surface area contributed by atoms with Crippen LogP contribution >= 0.6 is 11.6 Å². The van der Waals surface area contributed by atoms with Crippen LogP contribution < -0.4 is 0 Å². The van der Waals surface area contributed by atoms with E-state index in [4.69, 9.17) is 16.3 Å². The average Bonchev–Trinajstić information content (AvgIpc) is 2.10. The summed E-state index contributed by atoms with van der Waals surface area (Å²) in [4.78, 5) is 10.5. The quantitative estimate of drug-likeness (QED) is 0.785. The van der Waals surface area contributed by atoms with Crippen LogP contribution in [0.15, 0.2) is 18.2 Å². The Balaban J connectivity index is 2.57. The van der Waals surface area contributed by atoms with Gasteiger partial charge >= 0.3 is 5.97 Å². The molecule has 0 saturated heterocycles. The molecule has 0 radical (unpaired) electrons. The normalized spacial score (nSPS) is 9.86.